The molecule has 2 aliphatic heterocycles. The zero-order valence-electron chi connectivity index (χ0n) is 19.5. The normalized spacial score (nSPS) is 23.0. The Morgan fingerprint density at radius 1 is 1.16 bits per heavy atom. The van der Waals surface area contributed by atoms with E-state index >= 15 is 0 Å². The first-order valence-electron chi connectivity index (χ1n) is 11.7. The topological polar surface area (TPSA) is 81.9 Å². The molecule has 0 aliphatic carbocycles. The van der Waals surface area contributed by atoms with Crippen LogP contribution < -0.4 is 10.5 Å². The predicted molar refractivity (Wildman–Crippen MR) is 126 cm³/mol. The molecule has 1 N–H and O–H groups in total. The summed E-state index contributed by atoms with van der Waals surface area (Å²) in [7, 11) is 0. The van der Waals surface area contributed by atoms with E-state index in [0.29, 0.717) is 18.5 Å². The average Bonchev–Trinajstić information content (AvgIpc) is 2.96. The summed E-state index contributed by atoms with van der Waals surface area (Å²) in [6.07, 6.45) is 4.27. The summed E-state index contributed by atoms with van der Waals surface area (Å²) in [6, 6.07) is 5.98. The molecule has 8 heteroatoms. The minimum Gasteiger partial charge on any atom is -0.387 e. The minimum atomic E-state index is -0.840. The molecule has 1 atom stereocenters. The Morgan fingerprint density at radius 3 is 2.59 bits per heavy atom. The number of aromatic nitrogens is 2. The Kier molecular flexibility index (Phi) is 6.53. The van der Waals surface area contributed by atoms with Gasteiger partial charge in [-0.15, -0.1) is 0 Å². The molecule has 2 aromatic rings. The SMILES string of the molecule is CC(=O)N1CCCCC(O)(CN2CCN(c3ccc4c(=O)n(C(C)C)cnc4c3)CC2)C1. The number of rotatable bonds is 4. The average molecular weight is 442 g/mol. The maximum atomic E-state index is 12.7. The maximum absolute atomic E-state index is 12.7. The first-order chi connectivity index (χ1) is 15.3. The quantitative estimate of drug-likeness (QED) is 0.780. The van der Waals surface area contributed by atoms with E-state index in [4.69, 9.17) is 0 Å². The highest BCUT2D eigenvalue weighted by Gasteiger charge is 2.35. The van der Waals surface area contributed by atoms with Crippen molar-refractivity contribution >= 4 is 22.5 Å². The van der Waals surface area contributed by atoms with E-state index in [2.05, 4.69) is 14.8 Å². The molecule has 1 amide bonds. The highest BCUT2D eigenvalue weighted by molar-refractivity contribution is 5.81. The summed E-state index contributed by atoms with van der Waals surface area (Å²) < 4.78 is 1.66. The lowest BCUT2D eigenvalue weighted by Crippen LogP contribution is -2.55. The number of β-amino-alcohol motifs (C(OH)–C–C–N with tert-alkyl or cyclic N) is 1. The molecule has 0 spiro atoms. The second-order valence-electron chi connectivity index (χ2n) is 9.64. The number of amides is 1. The van der Waals surface area contributed by atoms with Gasteiger partial charge in [-0.1, -0.05) is 0 Å². The lowest BCUT2D eigenvalue weighted by atomic mass is 9.96. The molecule has 174 valence electrons. The van der Waals surface area contributed by atoms with Gasteiger partial charge in [0.05, 0.1) is 29.4 Å². The monoisotopic (exact) mass is 441 g/mol. The van der Waals surface area contributed by atoms with Gasteiger partial charge >= 0.3 is 0 Å². The number of piperazine rings is 1. The van der Waals surface area contributed by atoms with Gasteiger partial charge in [-0.2, -0.15) is 0 Å². The highest BCUT2D eigenvalue weighted by atomic mass is 16.3. The molecule has 1 aromatic carbocycles. The predicted octanol–water partition coefficient (Wildman–Crippen LogP) is 1.86. The van der Waals surface area contributed by atoms with Crippen LogP contribution in [0, 0.1) is 0 Å². The van der Waals surface area contributed by atoms with Gasteiger partial charge in [-0.25, -0.2) is 4.98 Å². The van der Waals surface area contributed by atoms with Crippen LogP contribution in [0.4, 0.5) is 5.69 Å². The van der Waals surface area contributed by atoms with Gasteiger partial charge in [0.2, 0.25) is 5.91 Å². The summed E-state index contributed by atoms with van der Waals surface area (Å²) in [4.78, 5) is 35.4. The number of aliphatic hydroxyl groups is 1. The molecule has 8 nitrogen and oxygen atoms in total. The Balaban J connectivity index is 1.41. The van der Waals surface area contributed by atoms with Crippen LogP contribution in [0.5, 0.6) is 0 Å². The number of likely N-dealkylation sites (tertiary alicyclic amines) is 1. The number of hydrogen-bond acceptors (Lipinski definition) is 6. The number of fused-ring (bicyclic) bond motifs is 1. The van der Waals surface area contributed by atoms with Crippen molar-refractivity contribution in [3.05, 3.63) is 34.9 Å². The van der Waals surface area contributed by atoms with Crippen molar-refractivity contribution in [3.8, 4) is 0 Å². The van der Waals surface area contributed by atoms with Gasteiger partial charge in [-0.3, -0.25) is 19.1 Å². The fourth-order valence-electron chi connectivity index (χ4n) is 4.94. The van der Waals surface area contributed by atoms with Crippen LogP contribution in [0.3, 0.4) is 0 Å². The third kappa shape index (κ3) is 4.81. The highest BCUT2D eigenvalue weighted by Crippen LogP contribution is 2.25. The van der Waals surface area contributed by atoms with Crippen LogP contribution in [-0.2, 0) is 4.79 Å². The molecule has 2 fully saturated rings. The third-order valence-corrected chi connectivity index (χ3v) is 6.83. The smallest absolute Gasteiger partial charge is 0.261 e. The summed E-state index contributed by atoms with van der Waals surface area (Å²) in [6.45, 7) is 10.7. The second-order valence-corrected chi connectivity index (χ2v) is 9.64. The van der Waals surface area contributed by atoms with Crippen LogP contribution in [0.15, 0.2) is 29.3 Å². The van der Waals surface area contributed by atoms with Crippen LogP contribution in [0.1, 0.15) is 46.1 Å². The maximum Gasteiger partial charge on any atom is 0.261 e. The second kappa shape index (κ2) is 9.19. The van der Waals surface area contributed by atoms with Crippen molar-refractivity contribution in [2.24, 2.45) is 0 Å². The molecule has 0 bridgehead atoms. The van der Waals surface area contributed by atoms with Crippen molar-refractivity contribution in [2.75, 3.05) is 50.7 Å². The number of nitrogens with zero attached hydrogens (tertiary/aromatic N) is 5. The van der Waals surface area contributed by atoms with Gasteiger partial charge < -0.3 is 14.9 Å². The number of hydrogen-bond donors (Lipinski definition) is 1. The van der Waals surface area contributed by atoms with Gasteiger partial charge in [0.1, 0.15) is 0 Å². The van der Waals surface area contributed by atoms with Crippen LogP contribution in [0.2, 0.25) is 0 Å². The Hall–Kier alpha value is -2.45. The summed E-state index contributed by atoms with van der Waals surface area (Å²) in [5, 5.41) is 11.9. The number of carbonyl (C=O) groups excluding carboxylic acids is 1. The molecule has 4 rings (SSSR count). The number of carbonyl (C=O) groups is 1. The van der Waals surface area contributed by atoms with Crippen molar-refractivity contribution in [2.45, 2.75) is 51.7 Å². The largest absolute Gasteiger partial charge is 0.387 e. The van der Waals surface area contributed by atoms with E-state index in [0.717, 1.165) is 63.2 Å². The van der Waals surface area contributed by atoms with Crippen LogP contribution >= 0.6 is 0 Å². The van der Waals surface area contributed by atoms with Gasteiger partial charge in [0, 0.05) is 57.9 Å². The summed E-state index contributed by atoms with van der Waals surface area (Å²) in [5.74, 6) is 0.0419. The number of benzene rings is 1. The lowest BCUT2D eigenvalue weighted by Gasteiger charge is -2.41. The standard InChI is InChI=1S/C24H35N5O3/c1-18(2)29-17-25-22-14-20(6-7-21(22)23(29)31)27-12-10-26(11-13-27)15-24(32)8-4-5-9-28(16-24)19(3)30/h6-7,14,17-18,32H,4-5,8-13,15-16H2,1-3H3. The molecule has 1 unspecified atom stereocenters. The Bertz CT molecular complexity index is 1030. The molecule has 32 heavy (non-hydrogen) atoms. The molecule has 2 saturated heterocycles. The minimum absolute atomic E-state index is 0.00221. The van der Waals surface area contributed by atoms with E-state index in [9.17, 15) is 14.7 Å². The zero-order valence-corrected chi connectivity index (χ0v) is 19.5. The van der Waals surface area contributed by atoms with Gasteiger partial charge in [0.15, 0.2) is 0 Å². The first-order valence-corrected chi connectivity index (χ1v) is 11.7. The van der Waals surface area contributed by atoms with Crippen molar-refractivity contribution < 1.29 is 9.90 Å². The molecule has 0 saturated carbocycles. The molecule has 2 aliphatic rings. The van der Waals surface area contributed by atoms with E-state index in [-0.39, 0.29) is 17.5 Å². The summed E-state index contributed by atoms with van der Waals surface area (Å²) in [5.41, 5.74) is 0.955. The van der Waals surface area contributed by atoms with Gasteiger partial charge in [-0.05, 0) is 51.3 Å². The van der Waals surface area contributed by atoms with Crippen molar-refractivity contribution in [3.63, 3.8) is 0 Å². The van der Waals surface area contributed by atoms with E-state index in [1.807, 2.05) is 32.0 Å². The fourth-order valence-corrected chi connectivity index (χ4v) is 4.94. The molecule has 1 aromatic heterocycles. The van der Waals surface area contributed by atoms with Crippen molar-refractivity contribution in [1.82, 2.24) is 19.4 Å². The van der Waals surface area contributed by atoms with E-state index in [1.54, 1.807) is 22.7 Å². The zero-order chi connectivity index (χ0) is 22.9. The first kappa shape index (κ1) is 22.7. The van der Waals surface area contributed by atoms with Crippen LogP contribution in [0.25, 0.3) is 10.9 Å². The fraction of sp³-hybridized carbons (Fsp3) is 0.625. The lowest BCUT2D eigenvalue weighted by molar-refractivity contribution is -0.132. The van der Waals surface area contributed by atoms with E-state index in [1.165, 1.54) is 0 Å². The van der Waals surface area contributed by atoms with Crippen LogP contribution in [-0.4, -0.2) is 81.8 Å². The molecular formula is C24H35N5O3. The third-order valence-electron chi connectivity index (χ3n) is 6.83. The molecular weight excluding hydrogens is 406 g/mol. The Labute approximate surface area is 189 Å². The Morgan fingerprint density at radius 2 is 1.91 bits per heavy atom. The summed E-state index contributed by atoms with van der Waals surface area (Å²) >= 11 is 0. The van der Waals surface area contributed by atoms with E-state index < -0.39 is 5.60 Å². The number of anilines is 1. The molecule has 0 radical (unpaired) electrons. The van der Waals surface area contributed by atoms with Gasteiger partial charge in [0.25, 0.3) is 5.56 Å². The molecule has 3 heterocycles. The van der Waals surface area contributed by atoms with Crippen molar-refractivity contribution in [1.29, 1.82) is 0 Å².